The third kappa shape index (κ3) is 3.20. The Labute approximate surface area is 121 Å². The smallest absolute Gasteiger partial charge is 0.255 e. The lowest BCUT2D eigenvalue weighted by Gasteiger charge is -2.41. The maximum atomic E-state index is 12.4. The van der Waals surface area contributed by atoms with E-state index >= 15 is 0 Å². The van der Waals surface area contributed by atoms with Crippen LogP contribution in [0.5, 0.6) is 0 Å². The minimum atomic E-state index is -0.106. The number of likely N-dealkylation sites (tertiary alicyclic amines) is 1. The quantitative estimate of drug-likeness (QED) is 0.916. The maximum absolute atomic E-state index is 12.4. The molecule has 0 aromatic carbocycles. The summed E-state index contributed by atoms with van der Waals surface area (Å²) in [5, 5.41) is 7.44. The molecule has 0 unspecified atom stereocenters. The summed E-state index contributed by atoms with van der Waals surface area (Å²) in [5.41, 5.74) is 1.36. The summed E-state index contributed by atoms with van der Waals surface area (Å²) in [7, 11) is 1.84. The molecule has 0 saturated carbocycles. The molecule has 1 saturated heterocycles. The first-order valence-corrected chi connectivity index (χ1v) is 7.37. The molecular formula is C15H26N4O. The van der Waals surface area contributed by atoms with Gasteiger partial charge in [-0.3, -0.25) is 9.48 Å². The Morgan fingerprint density at radius 2 is 2.00 bits per heavy atom. The van der Waals surface area contributed by atoms with E-state index in [1.54, 1.807) is 10.9 Å². The van der Waals surface area contributed by atoms with E-state index in [1.807, 2.05) is 14.0 Å². The van der Waals surface area contributed by atoms with E-state index in [-0.39, 0.29) is 11.4 Å². The number of aromatic nitrogens is 2. The Morgan fingerprint density at radius 1 is 1.40 bits per heavy atom. The van der Waals surface area contributed by atoms with Crippen LogP contribution in [0.4, 0.5) is 0 Å². The highest BCUT2D eigenvalue weighted by molar-refractivity contribution is 5.95. The molecular weight excluding hydrogens is 252 g/mol. The first kappa shape index (κ1) is 15.0. The molecule has 1 fully saturated rings. The number of rotatable bonds is 3. The molecule has 0 aliphatic carbocycles. The molecule has 20 heavy (non-hydrogen) atoms. The molecule has 1 aliphatic rings. The van der Waals surface area contributed by atoms with Gasteiger partial charge in [-0.15, -0.1) is 0 Å². The van der Waals surface area contributed by atoms with E-state index < -0.39 is 0 Å². The summed E-state index contributed by atoms with van der Waals surface area (Å²) in [4.78, 5) is 14.9. The average molecular weight is 278 g/mol. The maximum Gasteiger partial charge on any atom is 0.255 e. The lowest BCUT2D eigenvalue weighted by Crippen LogP contribution is -2.54. The normalized spacial score (nSPS) is 19.3. The lowest BCUT2D eigenvalue weighted by atomic mass is 9.88. The highest BCUT2D eigenvalue weighted by atomic mass is 16.1. The molecule has 1 aliphatic heterocycles. The van der Waals surface area contributed by atoms with Gasteiger partial charge in [0.1, 0.15) is 0 Å². The van der Waals surface area contributed by atoms with Crippen LogP contribution in [0.25, 0.3) is 0 Å². The lowest BCUT2D eigenvalue weighted by molar-refractivity contribution is 0.0801. The van der Waals surface area contributed by atoms with E-state index in [0.29, 0.717) is 11.6 Å². The number of hydrogen-bond acceptors (Lipinski definition) is 3. The van der Waals surface area contributed by atoms with Crippen LogP contribution in [0, 0.1) is 6.92 Å². The van der Waals surface area contributed by atoms with E-state index in [0.717, 1.165) is 31.6 Å². The van der Waals surface area contributed by atoms with Gasteiger partial charge >= 0.3 is 0 Å². The zero-order valence-corrected chi connectivity index (χ0v) is 13.2. The van der Waals surface area contributed by atoms with Gasteiger partial charge in [-0.25, -0.2) is 0 Å². The number of nitrogens with zero attached hydrogens (tertiary/aromatic N) is 3. The topological polar surface area (TPSA) is 50.2 Å². The Balaban J connectivity index is 1.99. The number of amides is 1. The Bertz CT molecular complexity index is 484. The second-order valence-corrected chi connectivity index (χ2v) is 6.45. The fourth-order valence-electron chi connectivity index (χ4n) is 2.82. The fraction of sp³-hybridized carbons (Fsp3) is 0.733. The van der Waals surface area contributed by atoms with Crippen molar-refractivity contribution in [3.05, 3.63) is 17.5 Å². The van der Waals surface area contributed by atoms with Crippen LogP contribution in [0.3, 0.4) is 0 Å². The van der Waals surface area contributed by atoms with Gasteiger partial charge in [0.2, 0.25) is 0 Å². The molecule has 5 heteroatoms. The third-order valence-electron chi connectivity index (χ3n) is 4.31. The van der Waals surface area contributed by atoms with Gasteiger partial charge in [0, 0.05) is 37.9 Å². The van der Waals surface area contributed by atoms with Crippen LogP contribution in [0.2, 0.25) is 0 Å². The first-order chi connectivity index (χ1) is 9.31. The minimum absolute atomic E-state index is 0.00361. The van der Waals surface area contributed by atoms with Crippen LogP contribution >= 0.6 is 0 Å². The second-order valence-electron chi connectivity index (χ2n) is 6.45. The number of aryl methyl sites for hydroxylation is 2. The van der Waals surface area contributed by atoms with Crippen molar-refractivity contribution >= 4 is 5.91 Å². The molecule has 1 amide bonds. The van der Waals surface area contributed by atoms with E-state index in [9.17, 15) is 4.79 Å². The van der Waals surface area contributed by atoms with E-state index in [1.165, 1.54) is 0 Å². The van der Waals surface area contributed by atoms with Crippen molar-refractivity contribution in [1.29, 1.82) is 0 Å². The Morgan fingerprint density at radius 3 is 2.45 bits per heavy atom. The Kier molecular flexibility index (Phi) is 4.18. The molecule has 112 valence electrons. The summed E-state index contributed by atoms with van der Waals surface area (Å²) >= 11 is 0. The third-order valence-corrected chi connectivity index (χ3v) is 4.31. The molecule has 0 atom stereocenters. The van der Waals surface area contributed by atoms with Crippen LogP contribution < -0.4 is 5.32 Å². The van der Waals surface area contributed by atoms with Gasteiger partial charge in [-0.1, -0.05) is 0 Å². The number of carbonyl (C=O) groups is 1. The van der Waals surface area contributed by atoms with Crippen molar-refractivity contribution in [1.82, 2.24) is 20.0 Å². The van der Waals surface area contributed by atoms with Gasteiger partial charge in [-0.2, -0.15) is 5.10 Å². The number of carbonyl (C=O) groups excluding carboxylic acids is 1. The summed E-state index contributed by atoms with van der Waals surface area (Å²) in [6.07, 6.45) is 3.78. The minimum Gasteiger partial charge on any atom is -0.347 e. The van der Waals surface area contributed by atoms with Gasteiger partial charge in [0.25, 0.3) is 5.91 Å². The predicted molar refractivity (Wildman–Crippen MR) is 79.8 cm³/mol. The average Bonchev–Trinajstić information content (AvgIpc) is 2.68. The largest absolute Gasteiger partial charge is 0.347 e. The van der Waals surface area contributed by atoms with Crippen molar-refractivity contribution in [3.63, 3.8) is 0 Å². The zero-order valence-electron chi connectivity index (χ0n) is 13.2. The number of hydrogen-bond donors (Lipinski definition) is 1. The highest BCUT2D eigenvalue weighted by Crippen LogP contribution is 2.23. The van der Waals surface area contributed by atoms with Crippen LogP contribution in [0.15, 0.2) is 6.20 Å². The molecule has 0 radical (unpaired) electrons. The molecule has 5 nitrogen and oxygen atoms in total. The summed E-state index contributed by atoms with van der Waals surface area (Å²) < 4.78 is 1.69. The van der Waals surface area contributed by atoms with Crippen LogP contribution in [-0.2, 0) is 7.05 Å². The molecule has 1 N–H and O–H groups in total. The molecule has 1 aromatic rings. The molecule has 2 heterocycles. The van der Waals surface area contributed by atoms with Crippen molar-refractivity contribution in [2.75, 3.05) is 13.1 Å². The molecule has 2 rings (SSSR count). The summed E-state index contributed by atoms with van der Waals surface area (Å²) in [6, 6.07) is 0.579. The summed E-state index contributed by atoms with van der Waals surface area (Å²) in [5.74, 6) is -0.00361. The fourth-order valence-corrected chi connectivity index (χ4v) is 2.82. The van der Waals surface area contributed by atoms with Crippen molar-refractivity contribution in [2.24, 2.45) is 7.05 Å². The van der Waals surface area contributed by atoms with E-state index in [2.05, 4.69) is 36.1 Å². The van der Waals surface area contributed by atoms with E-state index in [4.69, 9.17) is 0 Å². The van der Waals surface area contributed by atoms with Crippen LogP contribution in [0.1, 0.15) is 49.7 Å². The second kappa shape index (κ2) is 5.56. The predicted octanol–water partition coefficient (Wildman–Crippen LogP) is 1.72. The summed E-state index contributed by atoms with van der Waals surface area (Å²) in [6.45, 7) is 10.5. The number of nitrogens with one attached hydrogen (secondary N) is 1. The zero-order chi connectivity index (χ0) is 14.9. The molecule has 1 aromatic heterocycles. The standard InChI is InChI=1S/C15H26N4O/c1-11(2)19-8-6-15(4,7-9-19)16-14(20)13-10-18(5)17-12(13)3/h10-11H,6-9H2,1-5H3,(H,16,20). The van der Waals surface area contributed by atoms with Crippen LogP contribution in [-0.4, -0.2) is 45.3 Å². The SMILES string of the molecule is Cc1nn(C)cc1C(=O)NC1(C)CCN(C(C)C)CC1. The van der Waals surface area contributed by atoms with Crippen molar-refractivity contribution < 1.29 is 4.79 Å². The number of piperidine rings is 1. The molecule has 0 spiro atoms. The monoisotopic (exact) mass is 278 g/mol. The van der Waals surface area contributed by atoms with Gasteiger partial charge < -0.3 is 10.2 Å². The van der Waals surface area contributed by atoms with Gasteiger partial charge in [0.15, 0.2) is 0 Å². The van der Waals surface area contributed by atoms with Gasteiger partial charge in [0.05, 0.1) is 11.3 Å². The van der Waals surface area contributed by atoms with Crippen molar-refractivity contribution in [3.8, 4) is 0 Å². The Hall–Kier alpha value is -1.36. The first-order valence-electron chi connectivity index (χ1n) is 7.37. The molecule has 0 bridgehead atoms. The van der Waals surface area contributed by atoms with Gasteiger partial charge in [-0.05, 0) is 40.5 Å². The van der Waals surface area contributed by atoms with Crippen molar-refractivity contribution in [2.45, 2.75) is 52.1 Å². The highest BCUT2D eigenvalue weighted by Gasteiger charge is 2.32.